The van der Waals surface area contributed by atoms with Crippen molar-refractivity contribution < 1.29 is 35.9 Å². The van der Waals surface area contributed by atoms with E-state index in [1.54, 1.807) is 6.92 Å². The molecule has 0 amide bonds. The van der Waals surface area contributed by atoms with E-state index in [9.17, 15) is 35.9 Å². The Hall–Kier alpha value is -2.30. The zero-order valence-electron chi connectivity index (χ0n) is 13.7. The average molecular weight is 413 g/mol. The lowest BCUT2D eigenvalue weighted by atomic mass is 10.1. The molecule has 1 atom stereocenters. The van der Waals surface area contributed by atoms with Gasteiger partial charge in [-0.1, -0.05) is 23.5 Å². The first kappa shape index (κ1) is 21.0. The number of nitrogens with zero attached hydrogens (tertiary/aromatic N) is 1. The van der Waals surface area contributed by atoms with Crippen LogP contribution in [0.5, 0.6) is 0 Å². The van der Waals surface area contributed by atoms with E-state index in [-0.39, 0.29) is 11.4 Å². The molecule has 0 radical (unpaired) electrons. The summed E-state index contributed by atoms with van der Waals surface area (Å²) < 4.78 is 83.4. The number of carbonyl (C=O) groups is 1. The molecule has 0 aliphatic rings. The van der Waals surface area contributed by atoms with E-state index >= 15 is 0 Å². The fourth-order valence-corrected chi connectivity index (χ4v) is 3.03. The normalized spacial score (nSPS) is 13.4. The number of rotatable bonds is 5. The number of benzene rings is 1. The van der Waals surface area contributed by atoms with E-state index in [4.69, 9.17) is 0 Å². The summed E-state index contributed by atoms with van der Waals surface area (Å²) in [5.74, 6) is -1.28. The third-order valence-corrected chi connectivity index (χ3v) is 4.46. The van der Waals surface area contributed by atoms with Crippen LogP contribution in [0.2, 0.25) is 0 Å². The van der Waals surface area contributed by atoms with Gasteiger partial charge in [-0.2, -0.15) is 26.3 Å². The molecule has 2 rings (SSSR count). The smallest absolute Gasteiger partial charge is 0.429 e. The Balaban J connectivity index is 2.18. The van der Waals surface area contributed by atoms with Crippen LogP contribution in [0, 0.1) is 6.92 Å². The van der Waals surface area contributed by atoms with Gasteiger partial charge in [0.25, 0.3) is 0 Å². The minimum absolute atomic E-state index is 0.194. The highest BCUT2D eigenvalue weighted by molar-refractivity contribution is 7.07. The summed E-state index contributed by atoms with van der Waals surface area (Å²) in [6, 6.07) is 2.51. The van der Waals surface area contributed by atoms with E-state index in [0.717, 1.165) is 23.5 Å². The molecular weight excluding hydrogens is 400 g/mol. The van der Waals surface area contributed by atoms with Gasteiger partial charge in [0.2, 0.25) is 6.10 Å². The maximum atomic E-state index is 13.2. The maximum Gasteiger partial charge on any atom is 0.429 e. The van der Waals surface area contributed by atoms with Crippen molar-refractivity contribution in [2.75, 3.05) is 0 Å². The molecule has 1 aromatic heterocycles. The largest absolute Gasteiger partial charge is 0.448 e. The molecule has 4 nitrogen and oxygen atoms in total. The van der Waals surface area contributed by atoms with Crippen molar-refractivity contribution in [3.63, 3.8) is 0 Å². The van der Waals surface area contributed by atoms with E-state index in [1.807, 2.05) is 0 Å². The minimum Gasteiger partial charge on any atom is -0.448 e. The Morgan fingerprint density at radius 1 is 1.22 bits per heavy atom. The molecule has 0 saturated heterocycles. The zero-order chi connectivity index (χ0) is 20.4. The first-order valence-corrected chi connectivity index (χ1v) is 8.36. The molecule has 0 bridgehead atoms. The summed E-state index contributed by atoms with van der Waals surface area (Å²) in [5.41, 5.74) is -1.59. The van der Waals surface area contributed by atoms with Gasteiger partial charge in [0.1, 0.15) is 0 Å². The number of aryl methyl sites for hydroxylation is 1. The first-order chi connectivity index (χ1) is 12.4. The van der Waals surface area contributed by atoms with E-state index < -0.39 is 42.0 Å². The number of aromatic nitrogens is 1. The van der Waals surface area contributed by atoms with Crippen LogP contribution in [-0.2, 0) is 22.3 Å². The predicted molar refractivity (Wildman–Crippen MR) is 84.3 cm³/mol. The van der Waals surface area contributed by atoms with Crippen molar-refractivity contribution in [3.05, 3.63) is 56.1 Å². The monoisotopic (exact) mass is 413 g/mol. The number of hydrogen-bond donors (Lipinski definition) is 0. The topological polar surface area (TPSA) is 48.3 Å². The molecule has 2 aromatic rings. The Morgan fingerprint density at radius 2 is 1.89 bits per heavy atom. The highest BCUT2D eigenvalue weighted by atomic mass is 32.1. The van der Waals surface area contributed by atoms with Gasteiger partial charge in [-0.05, 0) is 19.1 Å². The van der Waals surface area contributed by atoms with Gasteiger partial charge >= 0.3 is 23.2 Å². The molecule has 1 heterocycles. The fraction of sp³-hybridized carbons (Fsp3) is 0.375. The number of esters is 1. The summed E-state index contributed by atoms with van der Waals surface area (Å²) >= 11 is 0.870. The number of alkyl halides is 6. The summed E-state index contributed by atoms with van der Waals surface area (Å²) in [6.45, 7) is 1.39. The third kappa shape index (κ3) is 5.34. The van der Waals surface area contributed by atoms with E-state index in [0.29, 0.717) is 17.8 Å². The molecule has 27 heavy (non-hydrogen) atoms. The molecule has 0 saturated carbocycles. The molecule has 1 aromatic carbocycles. The Labute approximate surface area is 153 Å². The molecule has 0 aliphatic carbocycles. The summed E-state index contributed by atoms with van der Waals surface area (Å²) in [6.07, 6.45) is -13.3. The van der Waals surface area contributed by atoms with Gasteiger partial charge in [0.05, 0.1) is 12.0 Å². The molecule has 11 heteroatoms. The summed E-state index contributed by atoms with van der Waals surface area (Å²) in [5, 5.41) is 1.52. The second-order valence-electron chi connectivity index (χ2n) is 5.58. The lowest BCUT2D eigenvalue weighted by Gasteiger charge is -2.22. The molecule has 0 fully saturated rings. The molecular formula is C16H13F6NO3S. The van der Waals surface area contributed by atoms with Gasteiger partial charge in [0.15, 0.2) is 0 Å². The molecule has 0 spiro atoms. The van der Waals surface area contributed by atoms with Crippen molar-refractivity contribution in [3.8, 4) is 0 Å². The average Bonchev–Trinajstić information content (AvgIpc) is 2.87. The predicted octanol–water partition coefficient (Wildman–Crippen LogP) is 4.47. The second-order valence-corrected chi connectivity index (χ2v) is 6.40. The lowest BCUT2D eigenvalue weighted by Crippen LogP contribution is -2.27. The number of halogens is 6. The van der Waals surface area contributed by atoms with Crippen molar-refractivity contribution in [1.29, 1.82) is 0 Å². The van der Waals surface area contributed by atoms with Gasteiger partial charge in [-0.15, -0.1) is 0 Å². The van der Waals surface area contributed by atoms with Crippen molar-refractivity contribution in [2.45, 2.75) is 38.3 Å². The van der Waals surface area contributed by atoms with E-state index in [1.165, 1.54) is 9.95 Å². The molecule has 0 aliphatic heterocycles. The number of ether oxygens (including phenoxy) is 1. The summed E-state index contributed by atoms with van der Waals surface area (Å²) in [4.78, 5) is 23.0. The zero-order valence-corrected chi connectivity index (χ0v) is 14.5. The summed E-state index contributed by atoms with van der Waals surface area (Å²) in [7, 11) is 0. The standard InChI is InChI=1S/C16H13F6NO3S/c1-9-8-27-14(25)23(9)6-5-12(24)26-13(16(20,21)22)10-3-2-4-11(7-10)15(17,18)19/h2-4,7-8,13H,5-6H2,1H3/t13-/m0/s1. The number of hydrogen-bond acceptors (Lipinski definition) is 4. The van der Waals surface area contributed by atoms with Crippen LogP contribution in [0.1, 0.15) is 29.3 Å². The van der Waals surface area contributed by atoms with Gasteiger partial charge in [-0.3, -0.25) is 9.59 Å². The van der Waals surface area contributed by atoms with Crippen LogP contribution in [0.15, 0.2) is 34.4 Å². The molecule has 0 N–H and O–H groups in total. The van der Waals surface area contributed by atoms with Crippen LogP contribution >= 0.6 is 11.3 Å². The Kier molecular flexibility index (Phi) is 6.03. The van der Waals surface area contributed by atoms with E-state index in [2.05, 4.69) is 4.74 Å². The molecule has 0 unspecified atom stereocenters. The van der Waals surface area contributed by atoms with Gasteiger partial charge in [-0.25, -0.2) is 0 Å². The number of carbonyl (C=O) groups excluding carboxylic acids is 1. The van der Waals surface area contributed by atoms with Gasteiger partial charge < -0.3 is 9.30 Å². The quantitative estimate of drug-likeness (QED) is 0.537. The maximum absolute atomic E-state index is 13.2. The third-order valence-electron chi connectivity index (χ3n) is 3.58. The first-order valence-electron chi connectivity index (χ1n) is 7.48. The lowest BCUT2D eigenvalue weighted by molar-refractivity contribution is -0.224. The van der Waals surface area contributed by atoms with Crippen LogP contribution in [0.25, 0.3) is 0 Å². The fourth-order valence-electron chi connectivity index (χ4n) is 2.27. The Morgan fingerprint density at radius 3 is 2.41 bits per heavy atom. The minimum atomic E-state index is -5.10. The Bertz CT molecular complexity index is 868. The SMILES string of the molecule is Cc1csc(=O)n1CCC(=O)O[C@@H](c1cccc(C(F)(F)F)c1)C(F)(F)F. The van der Waals surface area contributed by atoms with Crippen LogP contribution in [0.3, 0.4) is 0 Å². The van der Waals surface area contributed by atoms with Crippen LogP contribution < -0.4 is 4.87 Å². The van der Waals surface area contributed by atoms with Crippen molar-refractivity contribution >= 4 is 17.3 Å². The highest BCUT2D eigenvalue weighted by Gasteiger charge is 2.45. The molecule has 148 valence electrons. The van der Waals surface area contributed by atoms with Crippen LogP contribution in [0.4, 0.5) is 26.3 Å². The van der Waals surface area contributed by atoms with Crippen molar-refractivity contribution in [2.24, 2.45) is 0 Å². The second kappa shape index (κ2) is 7.75. The van der Waals surface area contributed by atoms with Crippen molar-refractivity contribution in [1.82, 2.24) is 4.57 Å². The highest BCUT2D eigenvalue weighted by Crippen LogP contribution is 2.38. The van der Waals surface area contributed by atoms with Gasteiger partial charge in [0, 0.05) is 23.2 Å². The van der Waals surface area contributed by atoms with Crippen LogP contribution in [-0.4, -0.2) is 16.7 Å². The number of thiazole rings is 1.